The Hall–Kier alpha value is -2.83. The molecule has 0 saturated carbocycles. The molecule has 20 heavy (non-hydrogen) atoms. The highest BCUT2D eigenvalue weighted by Crippen LogP contribution is 2.24. The smallest absolute Gasteiger partial charge is 0.287 e. The molecule has 1 aromatic heterocycles. The first-order valence-electron chi connectivity index (χ1n) is 5.78. The van der Waals surface area contributed by atoms with E-state index in [1.54, 1.807) is 31.3 Å². The fraction of sp³-hybridized carbons (Fsp3) is 0.154. The number of carbonyl (C=O) groups excluding carboxylic acids is 1. The molecule has 0 unspecified atom stereocenters. The Morgan fingerprint density at radius 1 is 1.40 bits per heavy atom. The molecule has 1 aromatic carbocycles. The van der Waals surface area contributed by atoms with Gasteiger partial charge in [0.15, 0.2) is 0 Å². The summed E-state index contributed by atoms with van der Waals surface area (Å²) >= 11 is 0. The molecule has 2 rings (SSSR count). The third-order valence-corrected chi connectivity index (χ3v) is 2.79. The molecule has 0 saturated heterocycles. The minimum Gasteiger partial charge on any atom is -0.495 e. The Bertz CT molecular complexity index is 663. The minimum atomic E-state index is -0.542. The number of ether oxygens (including phenoxy) is 1. The van der Waals surface area contributed by atoms with Crippen molar-refractivity contribution in [3.8, 4) is 5.75 Å². The first kappa shape index (κ1) is 13.6. The predicted octanol–water partition coefficient (Wildman–Crippen LogP) is 2.19. The highest BCUT2D eigenvalue weighted by Gasteiger charge is 2.18. The second kappa shape index (κ2) is 5.43. The molecule has 0 spiro atoms. The van der Waals surface area contributed by atoms with Gasteiger partial charge in [0.1, 0.15) is 11.4 Å². The molecule has 1 N–H and O–H groups in total. The van der Waals surface area contributed by atoms with Gasteiger partial charge in [0.25, 0.3) is 11.6 Å². The molecule has 0 atom stereocenters. The third-order valence-electron chi connectivity index (χ3n) is 2.79. The van der Waals surface area contributed by atoms with Crippen LogP contribution in [-0.2, 0) is 7.05 Å². The third kappa shape index (κ3) is 2.61. The van der Waals surface area contributed by atoms with Crippen molar-refractivity contribution in [3.63, 3.8) is 0 Å². The lowest BCUT2D eigenvalue weighted by atomic mass is 10.2. The van der Waals surface area contributed by atoms with E-state index in [0.717, 1.165) is 0 Å². The molecule has 104 valence electrons. The van der Waals surface area contributed by atoms with Crippen LogP contribution in [0.1, 0.15) is 10.5 Å². The van der Waals surface area contributed by atoms with E-state index in [0.29, 0.717) is 11.4 Å². The van der Waals surface area contributed by atoms with E-state index in [2.05, 4.69) is 5.32 Å². The van der Waals surface area contributed by atoms with E-state index >= 15 is 0 Å². The summed E-state index contributed by atoms with van der Waals surface area (Å²) in [7, 11) is 3.07. The van der Waals surface area contributed by atoms with Gasteiger partial charge in [-0.25, -0.2) is 0 Å². The van der Waals surface area contributed by atoms with Crippen LogP contribution in [0.15, 0.2) is 36.5 Å². The van der Waals surface area contributed by atoms with Crippen molar-refractivity contribution in [1.29, 1.82) is 0 Å². The lowest BCUT2D eigenvalue weighted by Gasteiger charge is -2.09. The molecule has 7 heteroatoms. The average Bonchev–Trinajstić information content (AvgIpc) is 2.82. The van der Waals surface area contributed by atoms with Crippen LogP contribution in [0, 0.1) is 10.1 Å². The maximum Gasteiger partial charge on any atom is 0.287 e. The maximum absolute atomic E-state index is 12.1. The summed E-state index contributed by atoms with van der Waals surface area (Å²) < 4.78 is 6.53. The van der Waals surface area contributed by atoms with E-state index in [-0.39, 0.29) is 11.4 Å². The Kier molecular flexibility index (Phi) is 3.69. The zero-order valence-corrected chi connectivity index (χ0v) is 11.0. The summed E-state index contributed by atoms with van der Waals surface area (Å²) in [6.07, 6.45) is 1.29. The number of hydrogen-bond donors (Lipinski definition) is 1. The molecule has 0 fully saturated rings. The van der Waals surface area contributed by atoms with Crippen molar-refractivity contribution in [1.82, 2.24) is 4.57 Å². The molecule has 1 heterocycles. The van der Waals surface area contributed by atoms with Crippen molar-refractivity contribution in [3.05, 3.63) is 52.3 Å². The standard InChI is InChI=1S/C13H13N3O4/c1-15-8-9(16(18)19)7-11(15)13(17)14-10-5-3-4-6-12(10)20-2/h3-8H,1-2H3,(H,14,17). The molecular formula is C13H13N3O4. The van der Waals surface area contributed by atoms with Crippen LogP contribution < -0.4 is 10.1 Å². The highest BCUT2D eigenvalue weighted by atomic mass is 16.6. The van der Waals surface area contributed by atoms with Gasteiger partial charge in [-0.1, -0.05) is 12.1 Å². The number of amides is 1. The number of nitrogens with zero attached hydrogens (tertiary/aromatic N) is 2. The summed E-state index contributed by atoms with van der Waals surface area (Å²) in [6, 6.07) is 8.16. The first-order chi connectivity index (χ1) is 9.52. The molecule has 1 amide bonds. The summed E-state index contributed by atoms with van der Waals surface area (Å²) in [4.78, 5) is 22.3. The van der Waals surface area contributed by atoms with Crippen LogP contribution >= 0.6 is 0 Å². The quantitative estimate of drug-likeness (QED) is 0.684. The SMILES string of the molecule is COc1ccccc1NC(=O)c1cc([N+](=O)[O-])cn1C. The molecule has 7 nitrogen and oxygen atoms in total. The van der Waals surface area contributed by atoms with Crippen LogP contribution in [0.3, 0.4) is 0 Å². The minimum absolute atomic E-state index is 0.127. The van der Waals surface area contributed by atoms with Crippen LogP contribution in [-0.4, -0.2) is 22.5 Å². The number of aromatic nitrogens is 1. The predicted molar refractivity (Wildman–Crippen MR) is 73.0 cm³/mol. The zero-order valence-electron chi connectivity index (χ0n) is 11.0. The van der Waals surface area contributed by atoms with Crippen LogP contribution in [0.25, 0.3) is 0 Å². The van der Waals surface area contributed by atoms with Crippen molar-refractivity contribution < 1.29 is 14.5 Å². The Morgan fingerprint density at radius 3 is 2.70 bits per heavy atom. The molecule has 0 aliphatic rings. The van der Waals surface area contributed by atoms with E-state index in [1.807, 2.05) is 0 Å². The summed E-state index contributed by atoms with van der Waals surface area (Å²) in [5.41, 5.74) is 0.573. The van der Waals surface area contributed by atoms with Gasteiger partial charge in [-0.15, -0.1) is 0 Å². The largest absolute Gasteiger partial charge is 0.495 e. The Balaban J connectivity index is 2.26. The molecule has 2 aromatic rings. The van der Waals surface area contributed by atoms with Gasteiger partial charge in [-0.2, -0.15) is 0 Å². The summed E-state index contributed by atoms with van der Waals surface area (Å²) in [5, 5.41) is 13.4. The van der Waals surface area contributed by atoms with Crippen molar-refractivity contribution in [2.24, 2.45) is 7.05 Å². The number of methoxy groups -OCH3 is 1. The van der Waals surface area contributed by atoms with Crippen LogP contribution in [0.5, 0.6) is 5.75 Å². The number of aryl methyl sites for hydroxylation is 1. The van der Waals surface area contributed by atoms with Gasteiger partial charge in [-0.05, 0) is 12.1 Å². The van der Waals surface area contributed by atoms with E-state index in [9.17, 15) is 14.9 Å². The Morgan fingerprint density at radius 2 is 2.10 bits per heavy atom. The van der Waals surface area contributed by atoms with Gasteiger partial charge < -0.3 is 14.6 Å². The number of nitro groups is 1. The van der Waals surface area contributed by atoms with E-state index in [1.165, 1.54) is 23.9 Å². The van der Waals surface area contributed by atoms with E-state index < -0.39 is 10.8 Å². The molecule has 0 aliphatic carbocycles. The topological polar surface area (TPSA) is 86.4 Å². The number of nitrogens with one attached hydrogen (secondary N) is 1. The number of carbonyl (C=O) groups is 1. The van der Waals surface area contributed by atoms with Gasteiger partial charge in [-0.3, -0.25) is 14.9 Å². The van der Waals surface area contributed by atoms with Crippen molar-refractivity contribution in [2.45, 2.75) is 0 Å². The molecule has 0 bridgehead atoms. The lowest BCUT2D eigenvalue weighted by molar-refractivity contribution is -0.384. The number of rotatable bonds is 4. The fourth-order valence-electron chi connectivity index (χ4n) is 1.81. The highest BCUT2D eigenvalue weighted by molar-refractivity contribution is 6.04. The molecule has 0 radical (unpaired) electrons. The number of benzene rings is 1. The molecule has 0 aliphatic heterocycles. The van der Waals surface area contributed by atoms with Gasteiger partial charge in [0.05, 0.1) is 23.9 Å². The van der Waals surface area contributed by atoms with Gasteiger partial charge in [0.2, 0.25) is 0 Å². The fourth-order valence-corrected chi connectivity index (χ4v) is 1.81. The monoisotopic (exact) mass is 275 g/mol. The average molecular weight is 275 g/mol. The Labute approximate surface area is 114 Å². The van der Waals surface area contributed by atoms with Crippen molar-refractivity contribution in [2.75, 3.05) is 12.4 Å². The van der Waals surface area contributed by atoms with E-state index in [4.69, 9.17) is 4.74 Å². The maximum atomic E-state index is 12.1. The second-order valence-corrected chi connectivity index (χ2v) is 4.11. The summed E-state index contributed by atoms with van der Waals surface area (Å²) in [5.74, 6) is 0.0784. The normalized spacial score (nSPS) is 10.1. The lowest BCUT2D eigenvalue weighted by Crippen LogP contribution is -2.15. The number of hydrogen-bond acceptors (Lipinski definition) is 4. The summed E-state index contributed by atoms with van der Waals surface area (Å²) in [6.45, 7) is 0. The zero-order chi connectivity index (χ0) is 14.7. The second-order valence-electron chi connectivity index (χ2n) is 4.11. The first-order valence-corrected chi connectivity index (χ1v) is 5.78. The van der Waals surface area contributed by atoms with Gasteiger partial charge in [0, 0.05) is 13.1 Å². The van der Waals surface area contributed by atoms with Crippen LogP contribution in [0.2, 0.25) is 0 Å². The van der Waals surface area contributed by atoms with Gasteiger partial charge >= 0.3 is 0 Å². The number of anilines is 1. The number of para-hydroxylation sites is 2. The molecular weight excluding hydrogens is 262 g/mol. The van der Waals surface area contributed by atoms with Crippen molar-refractivity contribution >= 4 is 17.3 Å². The van der Waals surface area contributed by atoms with Crippen LogP contribution in [0.4, 0.5) is 11.4 Å².